The van der Waals surface area contributed by atoms with Crippen LogP contribution in [-0.2, 0) is 9.47 Å². The number of rotatable bonds is 5. The Morgan fingerprint density at radius 3 is 2.50 bits per heavy atom. The van der Waals surface area contributed by atoms with Gasteiger partial charge in [-0.1, -0.05) is 0 Å². The molecule has 0 spiro atoms. The van der Waals surface area contributed by atoms with Gasteiger partial charge in [-0.05, 0) is 44.6 Å². The van der Waals surface area contributed by atoms with Gasteiger partial charge in [0.25, 0.3) is 0 Å². The molecule has 1 aliphatic heterocycles. The molecule has 1 aliphatic carbocycles. The summed E-state index contributed by atoms with van der Waals surface area (Å²) < 4.78 is 10.8. The molecule has 106 valence electrons. The van der Waals surface area contributed by atoms with E-state index in [1.54, 1.807) is 7.11 Å². The normalized spacial score (nSPS) is 38.2. The van der Waals surface area contributed by atoms with Crippen LogP contribution in [0.25, 0.3) is 0 Å². The fraction of sp³-hybridized carbons (Fsp3) is 1.00. The first kappa shape index (κ1) is 14.3. The van der Waals surface area contributed by atoms with E-state index < -0.39 is 0 Å². The molecule has 2 fully saturated rings. The lowest BCUT2D eigenvalue weighted by molar-refractivity contribution is -0.000264. The Morgan fingerprint density at radius 2 is 1.94 bits per heavy atom. The average molecular weight is 256 g/mol. The SMILES string of the molecule is COCC1CCN(C2(CN)CCC(OC)CC2)C1. The molecule has 0 radical (unpaired) electrons. The van der Waals surface area contributed by atoms with Crippen molar-refractivity contribution in [1.29, 1.82) is 0 Å². The van der Waals surface area contributed by atoms with E-state index in [1.807, 2.05) is 7.11 Å². The molecule has 2 aliphatic rings. The summed E-state index contributed by atoms with van der Waals surface area (Å²) in [6.07, 6.45) is 6.37. The van der Waals surface area contributed by atoms with Crippen molar-refractivity contribution in [1.82, 2.24) is 4.90 Å². The van der Waals surface area contributed by atoms with E-state index in [0.29, 0.717) is 12.0 Å². The lowest BCUT2D eigenvalue weighted by Gasteiger charge is -2.46. The van der Waals surface area contributed by atoms with Crippen LogP contribution in [0.1, 0.15) is 32.1 Å². The topological polar surface area (TPSA) is 47.7 Å². The summed E-state index contributed by atoms with van der Waals surface area (Å²) in [5.41, 5.74) is 6.34. The van der Waals surface area contributed by atoms with Crippen LogP contribution in [-0.4, -0.2) is 57.0 Å². The molecular weight excluding hydrogens is 228 g/mol. The highest BCUT2D eigenvalue weighted by atomic mass is 16.5. The molecule has 1 heterocycles. The van der Waals surface area contributed by atoms with Gasteiger partial charge in [0.05, 0.1) is 12.7 Å². The summed E-state index contributed by atoms with van der Waals surface area (Å²) in [4.78, 5) is 2.63. The summed E-state index contributed by atoms with van der Waals surface area (Å²) in [6, 6.07) is 0. The van der Waals surface area contributed by atoms with E-state index >= 15 is 0 Å². The van der Waals surface area contributed by atoms with Gasteiger partial charge in [-0.2, -0.15) is 0 Å². The minimum Gasteiger partial charge on any atom is -0.384 e. The fourth-order valence-electron chi connectivity index (χ4n) is 3.65. The van der Waals surface area contributed by atoms with Gasteiger partial charge in [0.2, 0.25) is 0 Å². The summed E-state index contributed by atoms with van der Waals surface area (Å²) in [7, 11) is 3.62. The molecule has 1 saturated carbocycles. The van der Waals surface area contributed by atoms with Gasteiger partial charge >= 0.3 is 0 Å². The van der Waals surface area contributed by atoms with Crippen LogP contribution in [0.5, 0.6) is 0 Å². The zero-order valence-electron chi connectivity index (χ0n) is 11.9. The van der Waals surface area contributed by atoms with Gasteiger partial charge in [0, 0.05) is 32.8 Å². The van der Waals surface area contributed by atoms with Crippen LogP contribution in [0.2, 0.25) is 0 Å². The molecule has 0 aromatic carbocycles. The molecule has 2 N–H and O–H groups in total. The predicted molar refractivity (Wildman–Crippen MR) is 72.6 cm³/mol. The number of ether oxygens (including phenoxy) is 2. The van der Waals surface area contributed by atoms with Crippen LogP contribution < -0.4 is 5.73 Å². The highest BCUT2D eigenvalue weighted by molar-refractivity contribution is 4.98. The number of likely N-dealkylation sites (tertiary alicyclic amines) is 1. The van der Waals surface area contributed by atoms with Crippen molar-refractivity contribution in [2.75, 3.05) is 40.5 Å². The van der Waals surface area contributed by atoms with Gasteiger partial charge in [0.15, 0.2) is 0 Å². The molecule has 0 bridgehead atoms. The lowest BCUT2D eigenvalue weighted by Crippen LogP contribution is -2.55. The van der Waals surface area contributed by atoms with Crippen molar-refractivity contribution in [2.24, 2.45) is 11.7 Å². The highest BCUT2D eigenvalue weighted by Gasteiger charge is 2.42. The smallest absolute Gasteiger partial charge is 0.0572 e. The zero-order chi connectivity index (χ0) is 13.0. The second-order valence-electron chi connectivity index (χ2n) is 5.92. The van der Waals surface area contributed by atoms with E-state index in [9.17, 15) is 0 Å². The zero-order valence-corrected chi connectivity index (χ0v) is 11.9. The van der Waals surface area contributed by atoms with Crippen LogP contribution in [0.15, 0.2) is 0 Å². The van der Waals surface area contributed by atoms with Crippen molar-refractivity contribution in [3.63, 3.8) is 0 Å². The van der Waals surface area contributed by atoms with Crippen LogP contribution in [0.3, 0.4) is 0 Å². The van der Waals surface area contributed by atoms with Crippen molar-refractivity contribution in [2.45, 2.75) is 43.7 Å². The van der Waals surface area contributed by atoms with Crippen molar-refractivity contribution < 1.29 is 9.47 Å². The maximum Gasteiger partial charge on any atom is 0.0572 e. The number of hydrogen-bond acceptors (Lipinski definition) is 4. The van der Waals surface area contributed by atoms with E-state index in [2.05, 4.69) is 4.90 Å². The Balaban J connectivity index is 1.93. The highest BCUT2D eigenvalue weighted by Crippen LogP contribution is 2.37. The summed E-state index contributed by atoms with van der Waals surface area (Å²) in [5, 5.41) is 0. The Kier molecular flexibility index (Phi) is 5.01. The number of hydrogen-bond donors (Lipinski definition) is 1. The first-order chi connectivity index (χ1) is 8.74. The number of nitrogens with zero attached hydrogens (tertiary/aromatic N) is 1. The van der Waals surface area contributed by atoms with Crippen LogP contribution in [0.4, 0.5) is 0 Å². The molecule has 0 aromatic heterocycles. The molecule has 0 amide bonds. The van der Waals surface area contributed by atoms with Gasteiger partial charge in [-0.3, -0.25) is 4.90 Å². The molecule has 0 aromatic rings. The maximum absolute atomic E-state index is 6.11. The molecular formula is C14H28N2O2. The second kappa shape index (κ2) is 6.33. The minimum absolute atomic E-state index is 0.234. The summed E-state index contributed by atoms with van der Waals surface area (Å²) in [6.45, 7) is 4.01. The van der Waals surface area contributed by atoms with Crippen molar-refractivity contribution >= 4 is 0 Å². The van der Waals surface area contributed by atoms with Gasteiger partial charge in [-0.15, -0.1) is 0 Å². The second-order valence-corrected chi connectivity index (χ2v) is 5.92. The standard InChI is InChI=1S/C14H28N2O2/c1-17-10-12-5-8-16(9-12)14(11-15)6-3-13(18-2)4-7-14/h12-13H,3-11,15H2,1-2H3. The first-order valence-electron chi connectivity index (χ1n) is 7.21. The average Bonchev–Trinajstić information content (AvgIpc) is 2.88. The van der Waals surface area contributed by atoms with Gasteiger partial charge in [-0.25, -0.2) is 0 Å². The maximum atomic E-state index is 6.11. The molecule has 2 rings (SSSR count). The van der Waals surface area contributed by atoms with Crippen molar-refractivity contribution in [3.05, 3.63) is 0 Å². The van der Waals surface area contributed by atoms with Crippen LogP contribution >= 0.6 is 0 Å². The van der Waals surface area contributed by atoms with Crippen molar-refractivity contribution in [3.8, 4) is 0 Å². The molecule has 18 heavy (non-hydrogen) atoms. The molecule has 1 unspecified atom stereocenters. The number of methoxy groups -OCH3 is 2. The largest absolute Gasteiger partial charge is 0.384 e. The third-order valence-corrected chi connectivity index (χ3v) is 4.94. The van der Waals surface area contributed by atoms with E-state index in [4.69, 9.17) is 15.2 Å². The van der Waals surface area contributed by atoms with Gasteiger partial charge < -0.3 is 15.2 Å². The quantitative estimate of drug-likeness (QED) is 0.804. The fourth-order valence-corrected chi connectivity index (χ4v) is 3.65. The monoisotopic (exact) mass is 256 g/mol. The summed E-state index contributed by atoms with van der Waals surface area (Å²) >= 11 is 0. The Morgan fingerprint density at radius 1 is 1.22 bits per heavy atom. The van der Waals surface area contributed by atoms with Crippen LogP contribution in [0, 0.1) is 5.92 Å². The third kappa shape index (κ3) is 2.87. The van der Waals surface area contributed by atoms with Gasteiger partial charge in [0.1, 0.15) is 0 Å². The molecule has 1 saturated heterocycles. The Labute approximate surface area is 111 Å². The van der Waals surface area contributed by atoms with E-state index in [1.165, 1.54) is 25.8 Å². The summed E-state index contributed by atoms with van der Waals surface area (Å²) in [5.74, 6) is 0.693. The molecule has 1 atom stereocenters. The lowest BCUT2D eigenvalue weighted by atomic mass is 9.79. The minimum atomic E-state index is 0.234. The number of nitrogens with two attached hydrogens (primary N) is 1. The van der Waals surface area contributed by atoms with E-state index in [0.717, 1.165) is 32.5 Å². The first-order valence-corrected chi connectivity index (χ1v) is 7.21. The molecule has 4 heteroatoms. The van der Waals surface area contributed by atoms with E-state index in [-0.39, 0.29) is 5.54 Å². The Bertz CT molecular complexity index is 252. The third-order valence-electron chi connectivity index (χ3n) is 4.94. The molecule has 4 nitrogen and oxygen atoms in total. The predicted octanol–water partition coefficient (Wildman–Crippen LogP) is 1.24. The Hall–Kier alpha value is -0.160.